The molecule has 5 heteroatoms. The minimum Gasteiger partial charge on any atom is -0.375 e. The van der Waals surface area contributed by atoms with Gasteiger partial charge in [-0.3, -0.25) is 4.79 Å². The minimum absolute atomic E-state index is 0.0796. The van der Waals surface area contributed by atoms with E-state index < -0.39 is 0 Å². The number of rotatable bonds is 5. The van der Waals surface area contributed by atoms with Crippen molar-refractivity contribution in [3.63, 3.8) is 0 Å². The number of piperidine rings is 1. The van der Waals surface area contributed by atoms with Gasteiger partial charge in [0.2, 0.25) is 5.91 Å². The zero-order valence-electron chi connectivity index (χ0n) is 15.4. The van der Waals surface area contributed by atoms with E-state index in [1.54, 1.807) is 7.11 Å². The van der Waals surface area contributed by atoms with Gasteiger partial charge in [-0.1, -0.05) is 37.3 Å². The van der Waals surface area contributed by atoms with Gasteiger partial charge >= 0.3 is 0 Å². The first-order chi connectivity index (χ1) is 12.2. The first kappa shape index (κ1) is 18.4. The maximum atomic E-state index is 12.1. The van der Waals surface area contributed by atoms with Crippen LogP contribution in [-0.4, -0.2) is 55.8 Å². The van der Waals surface area contributed by atoms with Crippen LogP contribution in [0.2, 0.25) is 0 Å². The number of amides is 1. The van der Waals surface area contributed by atoms with Gasteiger partial charge in [0, 0.05) is 26.2 Å². The first-order valence-electron chi connectivity index (χ1n) is 9.38. The highest BCUT2D eigenvalue weighted by atomic mass is 16.5. The molecule has 5 nitrogen and oxygen atoms in total. The van der Waals surface area contributed by atoms with Crippen LogP contribution in [-0.2, 0) is 14.3 Å². The first-order valence-corrected chi connectivity index (χ1v) is 9.38. The monoisotopic (exact) mass is 346 g/mol. The zero-order chi connectivity index (χ0) is 17.7. The van der Waals surface area contributed by atoms with E-state index in [0.29, 0.717) is 6.04 Å². The average molecular weight is 346 g/mol. The van der Waals surface area contributed by atoms with Crippen molar-refractivity contribution in [2.24, 2.45) is 0 Å². The molecule has 1 N–H and O–H groups in total. The van der Waals surface area contributed by atoms with Gasteiger partial charge in [-0.25, -0.2) is 0 Å². The van der Waals surface area contributed by atoms with Crippen LogP contribution >= 0.6 is 0 Å². The van der Waals surface area contributed by atoms with Crippen molar-refractivity contribution in [3.05, 3.63) is 35.9 Å². The second kappa shape index (κ2) is 8.30. The zero-order valence-corrected chi connectivity index (χ0v) is 15.4. The summed E-state index contributed by atoms with van der Waals surface area (Å²) in [5.74, 6) is 0.0796. The Kier molecular flexibility index (Phi) is 6.10. The largest absolute Gasteiger partial charge is 0.375 e. The molecule has 2 aliphatic heterocycles. The quantitative estimate of drug-likeness (QED) is 0.890. The van der Waals surface area contributed by atoms with Gasteiger partial charge in [0.15, 0.2) is 0 Å². The third-order valence-corrected chi connectivity index (χ3v) is 5.47. The van der Waals surface area contributed by atoms with Gasteiger partial charge < -0.3 is 19.7 Å². The van der Waals surface area contributed by atoms with Crippen LogP contribution in [0.15, 0.2) is 30.3 Å². The fourth-order valence-corrected chi connectivity index (χ4v) is 4.21. The van der Waals surface area contributed by atoms with Crippen LogP contribution in [0.4, 0.5) is 0 Å². The number of hydrogen-bond donors (Lipinski definition) is 1. The summed E-state index contributed by atoms with van der Waals surface area (Å²) in [6, 6.07) is 11.0. The number of benzene rings is 1. The predicted molar refractivity (Wildman–Crippen MR) is 97.4 cm³/mol. The highest BCUT2D eigenvalue weighted by Gasteiger charge is 2.44. The van der Waals surface area contributed by atoms with Crippen LogP contribution < -0.4 is 5.32 Å². The molecule has 0 unspecified atom stereocenters. The smallest absolute Gasteiger partial charge is 0.248 e. The van der Waals surface area contributed by atoms with Crippen LogP contribution in [0.5, 0.6) is 0 Å². The van der Waals surface area contributed by atoms with Gasteiger partial charge in [-0.15, -0.1) is 0 Å². The van der Waals surface area contributed by atoms with E-state index in [9.17, 15) is 4.79 Å². The second-order valence-electron chi connectivity index (χ2n) is 7.21. The lowest BCUT2D eigenvalue weighted by atomic mass is 9.79. The van der Waals surface area contributed by atoms with E-state index in [0.717, 1.165) is 45.3 Å². The fourth-order valence-electron chi connectivity index (χ4n) is 4.21. The Morgan fingerprint density at radius 1 is 1.32 bits per heavy atom. The maximum absolute atomic E-state index is 12.1. The van der Waals surface area contributed by atoms with E-state index in [4.69, 9.17) is 9.47 Å². The van der Waals surface area contributed by atoms with Crippen LogP contribution in [0.25, 0.3) is 0 Å². The number of carbonyl (C=O) groups is 1. The number of methoxy groups -OCH3 is 1. The summed E-state index contributed by atoms with van der Waals surface area (Å²) in [4.78, 5) is 14.0. The third-order valence-electron chi connectivity index (χ3n) is 5.47. The molecule has 1 aromatic carbocycles. The number of carbonyl (C=O) groups excluding carboxylic acids is 1. The molecule has 1 spiro atoms. The van der Waals surface area contributed by atoms with Crippen molar-refractivity contribution in [1.82, 2.24) is 10.2 Å². The molecule has 1 aromatic rings. The summed E-state index contributed by atoms with van der Waals surface area (Å²) < 4.78 is 11.6. The molecule has 0 aliphatic carbocycles. The molecule has 25 heavy (non-hydrogen) atoms. The standard InChI is InChI=1S/C20H30N2O3/c1-3-21-17-13-18(16-7-5-4-6-8-16)25-20(14-17)9-11-22(12-10-20)19(23)15-24-2/h4-8,17-18,21H,3,9-15H2,1-2H3/t17-,18-/m0/s1. The fraction of sp³-hybridized carbons (Fsp3) is 0.650. The normalized spacial score (nSPS) is 25.9. The van der Waals surface area contributed by atoms with Crippen molar-refractivity contribution in [2.75, 3.05) is 33.4 Å². The number of ether oxygens (including phenoxy) is 2. The van der Waals surface area contributed by atoms with E-state index in [1.807, 2.05) is 11.0 Å². The Balaban J connectivity index is 1.70. The molecule has 0 aromatic heterocycles. The maximum Gasteiger partial charge on any atom is 0.248 e. The van der Waals surface area contributed by atoms with E-state index in [-0.39, 0.29) is 24.2 Å². The van der Waals surface area contributed by atoms with Gasteiger partial charge in [0.25, 0.3) is 0 Å². The summed E-state index contributed by atoms with van der Waals surface area (Å²) in [5, 5.41) is 3.63. The molecular formula is C20H30N2O3. The van der Waals surface area contributed by atoms with Gasteiger partial charge in [-0.05, 0) is 37.8 Å². The molecule has 2 heterocycles. The van der Waals surface area contributed by atoms with Gasteiger partial charge in [0.05, 0.1) is 11.7 Å². The molecular weight excluding hydrogens is 316 g/mol. The minimum atomic E-state index is -0.130. The van der Waals surface area contributed by atoms with Crippen LogP contribution in [0.1, 0.15) is 44.3 Å². The van der Waals surface area contributed by atoms with Gasteiger partial charge in [-0.2, -0.15) is 0 Å². The Morgan fingerprint density at radius 2 is 2.04 bits per heavy atom. The van der Waals surface area contributed by atoms with E-state index >= 15 is 0 Å². The van der Waals surface area contributed by atoms with E-state index in [2.05, 4.69) is 36.5 Å². The lowest BCUT2D eigenvalue weighted by Crippen LogP contribution is -2.54. The molecule has 0 bridgehead atoms. The molecule has 1 amide bonds. The number of nitrogens with one attached hydrogen (secondary N) is 1. The van der Waals surface area contributed by atoms with Crippen molar-refractivity contribution >= 4 is 5.91 Å². The molecule has 2 fully saturated rings. The highest BCUT2D eigenvalue weighted by molar-refractivity contribution is 5.77. The van der Waals surface area contributed by atoms with E-state index in [1.165, 1.54) is 5.56 Å². The second-order valence-corrected chi connectivity index (χ2v) is 7.21. The summed E-state index contributed by atoms with van der Waals surface area (Å²) >= 11 is 0. The molecule has 138 valence electrons. The molecule has 0 radical (unpaired) electrons. The lowest BCUT2D eigenvalue weighted by Gasteiger charge is -2.49. The van der Waals surface area contributed by atoms with Crippen molar-refractivity contribution in [1.29, 1.82) is 0 Å². The highest BCUT2D eigenvalue weighted by Crippen LogP contribution is 2.42. The molecule has 2 saturated heterocycles. The Labute approximate surface area is 150 Å². The molecule has 2 atom stereocenters. The van der Waals surface area contributed by atoms with Crippen molar-refractivity contribution in [2.45, 2.75) is 50.4 Å². The van der Waals surface area contributed by atoms with Crippen molar-refractivity contribution in [3.8, 4) is 0 Å². The lowest BCUT2D eigenvalue weighted by molar-refractivity contribution is -0.169. The number of nitrogens with zero attached hydrogens (tertiary/aromatic N) is 1. The Bertz CT molecular complexity index is 555. The van der Waals surface area contributed by atoms with Crippen LogP contribution in [0, 0.1) is 0 Å². The van der Waals surface area contributed by atoms with Crippen LogP contribution in [0.3, 0.4) is 0 Å². The average Bonchev–Trinajstić information content (AvgIpc) is 2.63. The summed E-state index contributed by atoms with van der Waals surface area (Å²) in [7, 11) is 1.57. The Morgan fingerprint density at radius 3 is 2.68 bits per heavy atom. The number of likely N-dealkylation sites (tertiary alicyclic amines) is 1. The molecule has 0 saturated carbocycles. The summed E-state index contributed by atoms with van der Waals surface area (Å²) in [5.41, 5.74) is 1.12. The third kappa shape index (κ3) is 4.40. The number of hydrogen-bond acceptors (Lipinski definition) is 4. The SMILES string of the molecule is CCN[C@H]1C[C@@H](c2ccccc2)OC2(CCN(C(=O)COC)CC2)C1. The summed E-state index contributed by atoms with van der Waals surface area (Å²) in [6.07, 6.45) is 3.95. The molecule has 2 aliphatic rings. The summed E-state index contributed by atoms with van der Waals surface area (Å²) in [6.45, 7) is 4.80. The van der Waals surface area contributed by atoms with Crippen molar-refractivity contribution < 1.29 is 14.3 Å². The van der Waals surface area contributed by atoms with Gasteiger partial charge in [0.1, 0.15) is 6.61 Å². The molecule has 3 rings (SSSR count). The Hall–Kier alpha value is -1.43. The topological polar surface area (TPSA) is 50.8 Å². The predicted octanol–water partition coefficient (Wildman–Crippen LogP) is 2.52.